The molecule has 1 aromatic heterocycles. The molecule has 9 heteroatoms. The Morgan fingerprint density at radius 2 is 1.79 bits per heavy atom. The Morgan fingerprint density at radius 1 is 1.03 bits per heavy atom. The molecule has 0 saturated carbocycles. The number of aromatic nitrogens is 2. The van der Waals surface area contributed by atoms with Gasteiger partial charge >= 0.3 is 6.18 Å². The first kappa shape index (κ1) is 26.0. The highest BCUT2D eigenvalue weighted by atomic mass is 19.4. The number of nitrogens with one attached hydrogen (secondary N) is 1. The van der Waals surface area contributed by atoms with Crippen LogP contribution >= 0.6 is 0 Å². The number of piperidine rings is 1. The Hall–Kier alpha value is -3.62. The predicted octanol–water partition coefficient (Wildman–Crippen LogP) is 5.42. The molecule has 0 spiro atoms. The van der Waals surface area contributed by atoms with Crippen LogP contribution in [0.3, 0.4) is 0 Å². The normalized spacial score (nSPS) is 18.2. The zero-order valence-electron chi connectivity index (χ0n) is 21.3. The molecular weight excluding hydrogens is 493 g/mol. The number of likely N-dealkylation sites (tertiary alicyclic amines) is 1. The molecule has 38 heavy (non-hydrogen) atoms. The number of alkyl halides is 3. The first-order valence-electron chi connectivity index (χ1n) is 13.1. The molecule has 2 aliphatic rings. The molecule has 1 aliphatic carbocycles. The van der Waals surface area contributed by atoms with Gasteiger partial charge in [0.2, 0.25) is 5.91 Å². The quantitative estimate of drug-likeness (QED) is 0.485. The van der Waals surface area contributed by atoms with E-state index in [0.717, 1.165) is 48.4 Å². The molecule has 6 nitrogen and oxygen atoms in total. The molecule has 1 unspecified atom stereocenters. The Bertz CT molecular complexity index is 1330. The monoisotopic (exact) mass is 524 g/mol. The Labute approximate surface area is 219 Å². The van der Waals surface area contributed by atoms with Crippen LogP contribution in [0, 0.1) is 6.92 Å². The van der Waals surface area contributed by atoms with Crippen molar-refractivity contribution in [2.24, 2.45) is 0 Å². The Kier molecular flexibility index (Phi) is 7.27. The molecule has 2 aromatic carbocycles. The third-order valence-electron chi connectivity index (χ3n) is 7.70. The molecule has 3 aromatic rings. The standard InChI is InChI=1S/C29H31F3N4O2/c1-19-16-26(29(30,31)32)34-36(19)18-27(37)35-14-12-20(13-15-35)22-8-4-9-23(17-22)28(38)33-25-11-5-7-21-6-2-3-10-24(21)25/h2-4,6,8-10,16-17,20,25H,5,7,11-15,18H2,1H3,(H,33,38). The fourth-order valence-corrected chi connectivity index (χ4v) is 5.58. The SMILES string of the molecule is Cc1cc(C(F)(F)F)nn1CC(=O)N1CCC(c2cccc(C(=O)NC3CCCc4ccccc43)c2)CC1. The highest BCUT2D eigenvalue weighted by Crippen LogP contribution is 2.32. The molecule has 5 rings (SSSR count). The van der Waals surface area contributed by atoms with Crippen LogP contribution in [0.2, 0.25) is 0 Å². The van der Waals surface area contributed by atoms with E-state index in [9.17, 15) is 22.8 Å². The predicted molar refractivity (Wildman–Crippen MR) is 137 cm³/mol. The van der Waals surface area contributed by atoms with E-state index in [1.807, 2.05) is 36.4 Å². The molecule has 2 amide bonds. The molecular formula is C29H31F3N4O2. The summed E-state index contributed by atoms with van der Waals surface area (Å²) in [7, 11) is 0. The molecule has 1 aliphatic heterocycles. The maximum Gasteiger partial charge on any atom is 0.435 e. The fraction of sp³-hybridized carbons (Fsp3) is 0.414. The number of nitrogens with zero attached hydrogens (tertiary/aromatic N) is 3. The summed E-state index contributed by atoms with van der Waals surface area (Å²) in [5, 5.41) is 6.78. The maximum atomic E-state index is 13.1. The lowest BCUT2D eigenvalue weighted by Crippen LogP contribution is -2.40. The number of halogens is 3. The minimum Gasteiger partial charge on any atom is -0.345 e. The van der Waals surface area contributed by atoms with Gasteiger partial charge in [0, 0.05) is 24.3 Å². The third-order valence-corrected chi connectivity index (χ3v) is 7.70. The lowest BCUT2D eigenvalue weighted by Gasteiger charge is -2.32. The number of fused-ring (bicyclic) bond motifs is 1. The minimum atomic E-state index is -4.54. The second-order valence-corrected chi connectivity index (χ2v) is 10.2. The largest absolute Gasteiger partial charge is 0.435 e. The third kappa shape index (κ3) is 5.61. The number of hydrogen-bond acceptors (Lipinski definition) is 3. The van der Waals surface area contributed by atoms with Crippen LogP contribution in [0.5, 0.6) is 0 Å². The van der Waals surface area contributed by atoms with Crippen molar-refractivity contribution >= 4 is 11.8 Å². The summed E-state index contributed by atoms with van der Waals surface area (Å²) in [4.78, 5) is 27.6. The van der Waals surface area contributed by atoms with Crippen molar-refractivity contribution in [2.45, 2.75) is 63.7 Å². The van der Waals surface area contributed by atoms with E-state index in [0.29, 0.717) is 24.3 Å². The Morgan fingerprint density at radius 3 is 2.53 bits per heavy atom. The van der Waals surface area contributed by atoms with Crippen LogP contribution in [0.4, 0.5) is 13.2 Å². The van der Waals surface area contributed by atoms with Gasteiger partial charge in [0.25, 0.3) is 5.91 Å². The van der Waals surface area contributed by atoms with Gasteiger partial charge in [0.15, 0.2) is 5.69 Å². The van der Waals surface area contributed by atoms with Gasteiger partial charge in [-0.15, -0.1) is 0 Å². The number of rotatable bonds is 5. The van der Waals surface area contributed by atoms with E-state index < -0.39 is 11.9 Å². The number of carbonyl (C=O) groups excluding carboxylic acids is 2. The first-order chi connectivity index (χ1) is 18.2. The summed E-state index contributed by atoms with van der Waals surface area (Å²) >= 11 is 0. The molecule has 200 valence electrons. The van der Waals surface area contributed by atoms with E-state index in [-0.39, 0.29) is 30.3 Å². The van der Waals surface area contributed by atoms with E-state index >= 15 is 0 Å². The molecule has 2 heterocycles. The van der Waals surface area contributed by atoms with E-state index in [2.05, 4.69) is 22.5 Å². The lowest BCUT2D eigenvalue weighted by atomic mass is 9.87. The summed E-state index contributed by atoms with van der Waals surface area (Å²) in [6, 6.07) is 16.9. The van der Waals surface area contributed by atoms with Crippen molar-refractivity contribution in [1.29, 1.82) is 0 Å². The van der Waals surface area contributed by atoms with Gasteiger partial charge in [-0.25, -0.2) is 0 Å². The van der Waals surface area contributed by atoms with E-state index in [4.69, 9.17) is 0 Å². The molecule has 1 fully saturated rings. The van der Waals surface area contributed by atoms with Crippen molar-refractivity contribution < 1.29 is 22.8 Å². The van der Waals surface area contributed by atoms with Crippen molar-refractivity contribution in [3.05, 3.63) is 88.2 Å². The maximum absolute atomic E-state index is 13.1. The van der Waals surface area contributed by atoms with Gasteiger partial charge in [0.1, 0.15) is 6.54 Å². The second-order valence-electron chi connectivity index (χ2n) is 10.2. The first-order valence-corrected chi connectivity index (χ1v) is 13.1. The number of amides is 2. The van der Waals surface area contributed by atoms with Gasteiger partial charge < -0.3 is 10.2 Å². The zero-order valence-corrected chi connectivity index (χ0v) is 21.3. The summed E-state index contributed by atoms with van der Waals surface area (Å²) in [6.45, 7) is 2.31. The van der Waals surface area contributed by atoms with E-state index in [1.165, 1.54) is 18.1 Å². The van der Waals surface area contributed by atoms with Gasteiger partial charge in [0.05, 0.1) is 6.04 Å². The van der Waals surface area contributed by atoms with Crippen LogP contribution in [0.25, 0.3) is 0 Å². The summed E-state index contributed by atoms with van der Waals surface area (Å²) in [5.74, 6) is -0.135. The van der Waals surface area contributed by atoms with E-state index in [1.54, 1.807) is 4.90 Å². The number of aryl methyl sites for hydroxylation is 2. The topological polar surface area (TPSA) is 67.2 Å². The van der Waals surface area contributed by atoms with Crippen LogP contribution in [0.1, 0.15) is 76.1 Å². The van der Waals surface area contributed by atoms with Crippen molar-refractivity contribution in [3.63, 3.8) is 0 Å². The van der Waals surface area contributed by atoms with Gasteiger partial charge in [-0.05, 0) is 79.8 Å². The average Bonchev–Trinajstić information content (AvgIpc) is 3.29. The Balaban J connectivity index is 1.18. The van der Waals surface area contributed by atoms with Crippen LogP contribution in [-0.4, -0.2) is 39.6 Å². The molecule has 0 bridgehead atoms. The fourth-order valence-electron chi connectivity index (χ4n) is 5.58. The second kappa shape index (κ2) is 10.6. The summed E-state index contributed by atoms with van der Waals surface area (Å²) in [6.07, 6.45) is -0.0935. The molecule has 1 N–H and O–H groups in total. The highest BCUT2D eigenvalue weighted by molar-refractivity contribution is 5.94. The minimum absolute atomic E-state index is 0.0102. The van der Waals surface area contributed by atoms with Gasteiger partial charge in [-0.1, -0.05) is 36.4 Å². The highest BCUT2D eigenvalue weighted by Gasteiger charge is 2.35. The van der Waals surface area contributed by atoms with Crippen molar-refractivity contribution in [3.8, 4) is 0 Å². The molecule has 0 radical (unpaired) electrons. The zero-order chi connectivity index (χ0) is 26.9. The van der Waals surface area contributed by atoms with Gasteiger partial charge in [-0.2, -0.15) is 18.3 Å². The number of hydrogen-bond donors (Lipinski definition) is 1. The van der Waals surface area contributed by atoms with Crippen LogP contribution in [-0.2, 0) is 23.9 Å². The van der Waals surface area contributed by atoms with Crippen molar-refractivity contribution in [2.75, 3.05) is 13.1 Å². The van der Waals surface area contributed by atoms with Crippen LogP contribution in [0.15, 0.2) is 54.6 Å². The molecule has 1 saturated heterocycles. The van der Waals surface area contributed by atoms with Crippen molar-refractivity contribution in [1.82, 2.24) is 20.0 Å². The van der Waals surface area contributed by atoms with Gasteiger partial charge in [-0.3, -0.25) is 14.3 Å². The number of carbonyl (C=O) groups is 2. The summed E-state index contributed by atoms with van der Waals surface area (Å²) < 4.78 is 39.9. The number of benzene rings is 2. The molecule has 1 atom stereocenters. The van der Waals surface area contributed by atoms with Crippen LogP contribution < -0.4 is 5.32 Å². The average molecular weight is 525 g/mol. The smallest absolute Gasteiger partial charge is 0.345 e. The lowest BCUT2D eigenvalue weighted by molar-refractivity contribution is -0.142. The summed E-state index contributed by atoms with van der Waals surface area (Å²) in [5.41, 5.74) is 3.48.